The van der Waals surface area contributed by atoms with Gasteiger partial charge in [0.25, 0.3) is 0 Å². The van der Waals surface area contributed by atoms with Crippen LogP contribution in [0, 0.1) is 21.6 Å². The van der Waals surface area contributed by atoms with Crippen LogP contribution >= 0.6 is 0 Å². The standard InChI is InChI=1S/C20H18N4.C18H16N6.CH4/c1-13(21)19-11-10-18(12-24-19)16-4-2-14(3-5-16)15-6-8-17(9-7-15)20(22)23;19-17(20)15-7-5-13(9-23-15)11-1-2-12(4-3-11)14-6-8-16(18(21)22)24-10-14;/h2-12,21H,1H3,(H3,22,23);1-10H,(H3,19,20)(H3,21,22);1H4. The normalized spacial score (nSPS) is 10.1. The van der Waals surface area contributed by atoms with Crippen LogP contribution in [0.2, 0.25) is 0 Å². The molecule has 6 aromatic rings. The van der Waals surface area contributed by atoms with Gasteiger partial charge in [-0.15, -0.1) is 0 Å². The Morgan fingerprint density at radius 1 is 0.388 bits per heavy atom. The molecule has 0 amide bonds. The molecule has 10 nitrogen and oxygen atoms in total. The van der Waals surface area contributed by atoms with Crippen LogP contribution in [0.15, 0.2) is 128 Å². The Hall–Kier alpha value is -6.81. The Morgan fingerprint density at radius 2 is 0.653 bits per heavy atom. The zero-order valence-electron chi connectivity index (χ0n) is 26.2. The van der Waals surface area contributed by atoms with Crippen molar-refractivity contribution in [3.05, 3.63) is 150 Å². The van der Waals surface area contributed by atoms with Crippen molar-refractivity contribution in [3.8, 4) is 44.5 Å². The summed E-state index contributed by atoms with van der Waals surface area (Å²) in [6.45, 7) is 1.73. The fourth-order valence-electron chi connectivity index (χ4n) is 4.79. The molecule has 6 rings (SSSR count). The van der Waals surface area contributed by atoms with Crippen molar-refractivity contribution in [1.29, 1.82) is 21.6 Å². The minimum absolute atomic E-state index is 0. The molecule has 0 aliphatic carbocycles. The topological polar surface area (TPSA) is 212 Å². The molecular formula is C39H38N10. The maximum absolute atomic E-state index is 7.59. The van der Waals surface area contributed by atoms with E-state index in [9.17, 15) is 0 Å². The van der Waals surface area contributed by atoms with Gasteiger partial charge in [0.1, 0.15) is 28.9 Å². The second kappa shape index (κ2) is 15.7. The second-order valence-electron chi connectivity index (χ2n) is 10.9. The highest BCUT2D eigenvalue weighted by atomic mass is 14.8. The van der Waals surface area contributed by atoms with E-state index in [4.69, 9.17) is 38.8 Å². The van der Waals surface area contributed by atoms with Gasteiger partial charge in [-0.1, -0.05) is 98.4 Å². The van der Waals surface area contributed by atoms with E-state index in [1.54, 1.807) is 37.6 Å². The molecule has 0 unspecified atom stereocenters. The van der Waals surface area contributed by atoms with E-state index in [1.807, 2.05) is 72.8 Å². The van der Waals surface area contributed by atoms with Crippen molar-refractivity contribution in [2.45, 2.75) is 14.4 Å². The van der Waals surface area contributed by atoms with E-state index in [1.165, 1.54) is 0 Å². The molecule has 0 aliphatic rings. The molecule has 3 aromatic carbocycles. The maximum Gasteiger partial charge on any atom is 0.141 e. The summed E-state index contributed by atoms with van der Waals surface area (Å²) in [4.78, 5) is 12.6. The number of nitrogens with two attached hydrogens (primary N) is 3. The van der Waals surface area contributed by atoms with E-state index in [0.717, 1.165) is 50.1 Å². The Labute approximate surface area is 285 Å². The number of rotatable bonds is 8. The van der Waals surface area contributed by atoms with Crippen molar-refractivity contribution < 1.29 is 0 Å². The molecule has 0 atom stereocenters. The maximum atomic E-state index is 7.59. The van der Waals surface area contributed by atoms with Crippen LogP contribution in [0.5, 0.6) is 0 Å². The molecule has 0 saturated heterocycles. The summed E-state index contributed by atoms with van der Waals surface area (Å²) in [5.41, 5.74) is 27.4. The second-order valence-corrected chi connectivity index (χ2v) is 10.9. The smallest absolute Gasteiger partial charge is 0.141 e. The van der Waals surface area contributed by atoms with Gasteiger partial charge in [-0.3, -0.25) is 31.2 Å². The van der Waals surface area contributed by atoms with Gasteiger partial charge < -0.3 is 22.6 Å². The van der Waals surface area contributed by atoms with Crippen LogP contribution in [0.25, 0.3) is 44.5 Å². The zero-order chi connectivity index (χ0) is 34.2. The third kappa shape index (κ3) is 8.72. The van der Waals surface area contributed by atoms with Gasteiger partial charge >= 0.3 is 0 Å². The van der Waals surface area contributed by atoms with Crippen LogP contribution in [0.1, 0.15) is 37.0 Å². The highest BCUT2D eigenvalue weighted by molar-refractivity contribution is 5.96. The minimum Gasteiger partial charge on any atom is -0.384 e. The summed E-state index contributed by atoms with van der Waals surface area (Å²) in [6, 6.07) is 35.0. The fraction of sp³-hybridized carbons (Fsp3) is 0.0513. The number of hydrogen-bond acceptors (Lipinski definition) is 7. The number of pyridine rings is 3. The molecule has 0 spiro atoms. The van der Waals surface area contributed by atoms with E-state index >= 15 is 0 Å². The number of nitrogen functional groups attached to an aromatic ring is 3. The summed E-state index contributed by atoms with van der Waals surface area (Å²) in [5.74, 6) is -0.00943. The Balaban J connectivity index is 0.000000216. The van der Waals surface area contributed by atoms with Crippen LogP contribution in [-0.4, -0.2) is 38.2 Å². The predicted octanol–water partition coefficient (Wildman–Crippen LogP) is 7.10. The molecule has 0 aliphatic heterocycles. The van der Waals surface area contributed by atoms with Gasteiger partial charge in [-0.25, -0.2) is 0 Å². The van der Waals surface area contributed by atoms with Crippen molar-refractivity contribution in [1.82, 2.24) is 15.0 Å². The van der Waals surface area contributed by atoms with E-state index in [0.29, 0.717) is 22.8 Å². The lowest BCUT2D eigenvalue weighted by Crippen LogP contribution is -2.12. The molecule has 0 saturated carbocycles. The third-order valence-corrected chi connectivity index (χ3v) is 7.53. The van der Waals surface area contributed by atoms with Gasteiger partial charge in [0.15, 0.2) is 0 Å². The lowest BCUT2D eigenvalue weighted by molar-refractivity contribution is 1.25. The monoisotopic (exact) mass is 646 g/mol. The van der Waals surface area contributed by atoms with Gasteiger partial charge in [-0.05, 0) is 52.9 Å². The largest absolute Gasteiger partial charge is 0.384 e. The van der Waals surface area contributed by atoms with E-state index in [-0.39, 0.29) is 24.9 Å². The summed E-state index contributed by atoms with van der Waals surface area (Å²) < 4.78 is 0. The van der Waals surface area contributed by atoms with Crippen LogP contribution in [0.3, 0.4) is 0 Å². The summed E-state index contributed by atoms with van der Waals surface area (Å²) in [6.07, 6.45) is 5.20. The number of amidine groups is 3. The Morgan fingerprint density at radius 3 is 0.898 bits per heavy atom. The number of benzene rings is 3. The molecule has 49 heavy (non-hydrogen) atoms. The fourth-order valence-corrected chi connectivity index (χ4v) is 4.79. The lowest BCUT2D eigenvalue weighted by atomic mass is 10.00. The number of nitrogens with one attached hydrogen (secondary N) is 4. The molecular weight excluding hydrogens is 608 g/mol. The molecule has 3 heterocycles. The average Bonchev–Trinajstić information content (AvgIpc) is 3.12. The Kier molecular flexibility index (Phi) is 11.2. The summed E-state index contributed by atoms with van der Waals surface area (Å²) in [5, 5.41) is 29.8. The molecule has 0 radical (unpaired) electrons. The predicted molar refractivity (Wildman–Crippen MR) is 200 cm³/mol. The molecule has 0 fully saturated rings. The number of hydrogen-bond donors (Lipinski definition) is 7. The number of aromatic nitrogens is 3. The van der Waals surface area contributed by atoms with Gasteiger partial charge in [0, 0.05) is 40.8 Å². The average molecular weight is 647 g/mol. The first-order valence-electron chi connectivity index (χ1n) is 14.9. The minimum atomic E-state index is -0.0431. The van der Waals surface area contributed by atoms with Gasteiger partial charge in [0.05, 0.1) is 11.4 Å². The zero-order valence-corrected chi connectivity index (χ0v) is 26.2. The molecule has 244 valence electrons. The molecule has 0 bridgehead atoms. The van der Waals surface area contributed by atoms with Gasteiger partial charge in [0.2, 0.25) is 0 Å². The van der Waals surface area contributed by atoms with E-state index < -0.39 is 0 Å². The lowest BCUT2D eigenvalue weighted by Gasteiger charge is -2.06. The van der Waals surface area contributed by atoms with Crippen LogP contribution in [0.4, 0.5) is 0 Å². The first-order valence-corrected chi connectivity index (χ1v) is 14.9. The first-order chi connectivity index (χ1) is 23.1. The highest BCUT2D eigenvalue weighted by Crippen LogP contribution is 2.26. The molecule has 10 heteroatoms. The summed E-state index contributed by atoms with van der Waals surface area (Å²) in [7, 11) is 0. The van der Waals surface area contributed by atoms with Crippen molar-refractivity contribution in [2.75, 3.05) is 0 Å². The Bertz CT molecular complexity index is 1760. The van der Waals surface area contributed by atoms with Crippen molar-refractivity contribution in [3.63, 3.8) is 0 Å². The van der Waals surface area contributed by atoms with Crippen molar-refractivity contribution in [2.24, 2.45) is 17.2 Å². The van der Waals surface area contributed by atoms with Crippen LogP contribution in [-0.2, 0) is 0 Å². The third-order valence-electron chi connectivity index (χ3n) is 7.53. The van der Waals surface area contributed by atoms with Crippen molar-refractivity contribution >= 4 is 23.2 Å². The number of nitrogens with zero attached hydrogens (tertiary/aromatic N) is 3. The first kappa shape index (κ1) is 35.1. The quantitative estimate of drug-likeness (QED) is 0.0676. The summed E-state index contributed by atoms with van der Waals surface area (Å²) >= 11 is 0. The van der Waals surface area contributed by atoms with Crippen LogP contribution < -0.4 is 17.2 Å². The van der Waals surface area contributed by atoms with Gasteiger partial charge in [-0.2, -0.15) is 0 Å². The SMILES string of the molecule is C.CC(=N)c1ccc(-c2ccc(-c3ccc(C(=N)N)cc3)cc2)cn1.N=C(N)c1ccc(-c2ccc(-c3ccc(C(=N)N)nc3)cc2)cn1. The van der Waals surface area contributed by atoms with E-state index in [2.05, 4.69) is 39.2 Å². The molecule has 10 N–H and O–H groups in total. The molecule has 3 aromatic heterocycles. The highest BCUT2D eigenvalue weighted by Gasteiger charge is 2.06.